The van der Waals surface area contributed by atoms with Crippen LogP contribution in [0.25, 0.3) is 0 Å². The number of hydrogen-bond acceptors (Lipinski definition) is 3. The maximum absolute atomic E-state index is 5.94. The van der Waals surface area contributed by atoms with Crippen molar-refractivity contribution in [1.82, 2.24) is 0 Å². The molecule has 2 rings (SSSR count). The quantitative estimate of drug-likeness (QED) is 0.0738. The second kappa shape index (κ2) is 21.4. The lowest BCUT2D eigenvalue weighted by Gasteiger charge is -2.23. The molecule has 0 aliphatic rings. The van der Waals surface area contributed by atoms with E-state index in [2.05, 4.69) is 45.2 Å². The first kappa shape index (κ1) is 33.9. The molecule has 0 aromatic heterocycles. The van der Waals surface area contributed by atoms with Gasteiger partial charge < -0.3 is 14.0 Å². The number of aliphatic imine (C=N–C) groups is 1. The van der Waals surface area contributed by atoms with E-state index in [0.717, 1.165) is 53.3 Å². The van der Waals surface area contributed by atoms with E-state index in [9.17, 15) is 0 Å². The average Bonchev–Trinajstić information content (AvgIpc) is 2.94. The Hall–Kier alpha value is -2.33. The Labute approximate surface area is 246 Å². The van der Waals surface area contributed by atoms with Gasteiger partial charge in [0, 0.05) is 6.21 Å². The molecule has 0 heterocycles. The summed E-state index contributed by atoms with van der Waals surface area (Å²) in [5.74, 6) is 1.86. The van der Waals surface area contributed by atoms with Gasteiger partial charge in [-0.3, -0.25) is 4.99 Å². The first-order valence-corrected chi connectivity index (χ1v) is 16.3. The normalized spacial score (nSPS) is 11.8. The molecule has 0 N–H and O–H groups in total. The van der Waals surface area contributed by atoms with Crippen molar-refractivity contribution in [2.45, 2.75) is 110 Å². The molecule has 4 nitrogen and oxygen atoms in total. The van der Waals surface area contributed by atoms with Crippen LogP contribution in [0.5, 0.6) is 11.5 Å². The molecule has 0 radical (unpaired) electrons. The van der Waals surface area contributed by atoms with E-state index in [1.54, 1.807) is 0 Å². The van der Waals surface area contributed by atoms with Crippen molar-refractivity contribution in [2.24, 2.45) is 4.99 Å². The van der Waals surface area contributed by atoms with Crippen molar-refractivity contribution in [3.8, 4) is 11.5 Å². The fourth-order valence-electron chi connectivity index (χ4n) is 4.79. The molecule has 0 aliphatic heterocycles. The van der Waals surface area contributed by atoms with Crippen LogP contribution in [0.1, 0.15) is 115 Å². The maximum atomic E-state index is 5.94. The number of nitrogens with zero attached hydrogens (tertiary/aromatic N) is 2. The van der Waals surface area contributed by atoms with Gasteiger partial charge in [0.2, 0.25) is 0 Å². The fraction of sp³-hybridized carbons (Fsp3) is 0.639. The van der Waals surface area contributed by atoms with Gasteiger partial charge in [0.1, 0.15) is 11.5 Å². The van der Waals surface area contributed by atoms with Gasteiger partial charge in [-0.1, -0.05) is 84.0 Å². The van der Waals surface area contributed by atoms with E-state index in [-0.39, 0.29) is 0 Å². The molecule has 0 unspecified atom stereocenters. The summed E-state index contributed by atoms with van der Waals surface area (Å²) in [5.41, 5.74) is 2.01. The third kappa shape index (κ3) is 18.1. The van der Waals surface area contributed by atoms with E-state index in [1.165, 1.54) is 96.4 Å². The lowest BCUT2D eigenvalue weighted by molar-refractivity contribution is -0.870. The standard InChI is InChI=1S/C36H59N2O2/c1-5-6-7-8-9-13-16-20-31-40-36-27-23-34(24-28-36)37-32-33-21-25-35(26-22-33)39-30-19-17-14-11-10-12-15-18-29-38(2,3)4/h21-28,32H,5-20,29-31H2,1-4H3/q+1. The lowest BCUT2D eigenvalue weighted by atomic mass is 10.1. The molecule has 0 spiro atoms. The van der Waals surface area contributed by atoms with Crippen molar-refractivity contribution in [1.29, 1.82) is 0 Å². The Balaban J connectivity index is 1.51. The van der Waals surface area contributed by atoms with E-state index in [1.807, 2.05) is 42.6 Å². The smallest absolute Gasteiger partial charge is 0.119 e. The van der Waals surface area contributed by atoms with Crippen LogP contribution in [-0.4, -0.2) is 51.6 Å². The highest BCUT2D eigenvalue weighted by Crippen LogP contribution is 2.19. The first-order valence-electron chi connectivity index (χ1n) is 16.3. The monoisotopic (exact) mass is 551 g/mol. The second-order valence-corrected chi connectivity index (χ2v) is 12.3. The Kier molecular flexibility index (Phi) is 18.1. The Morgan fingerprint density at radius 2 is 0.975 bits per heavy atom. The number of unbranched alkanes of at least 4 members (excludes halogenated alkanes) is 14. The van der Waals surface area contributed by atoms with Crippen LogP contribution in [0.3, 0.4) is 0 Å². The van der Waals surface area contributed by atoms with Crippen molar-refractivity contribution in [3.63, 3.8) is 0 Å². The molecule has 0 atom stereocenters. The van der Waals surface area contributed by atoms with Crippen LogP contribution in [0.2, 0.25) is 0 Å². The van der Waals surface area contributed by atoms with E-state index in [4.69, 9.17) is 9.47 Å². The van der Waals surface area contributed by atoms with Crippen molar-refractivity contribution < 1.29 is 14.0 Å². The number of quaternary nitrogens is 1. The highest BCUT2D eigenvalue weighted by atomic mass is 16.5. The molecule has 4 heteroatoms. The highest BCUT2D eigenvalue weighted by Gasteiger charge is 2.05. The van der Waals surface area contributed by atoms with Crippen LogP contribution in [0.15, 0.2) is 53.5 Å². The Morgan fingerprint density at radius 1 is 0.550 bits per heavy atom. The van der Waals surface area contributed by atoms with Gasteiger partial charge in [-0.2, -0.15) is 0 Å². The summed E-state index contributed by atoms with van der Waals surface area (Å²) in [6, 6.07) is 16.3. The molecule has 0 fully saturated rings. The highest BCUT2D eigenvalue weighted by molar-refractivity contribution is 5.82. The van der Waals surface area contributed by atoms with E-state index < -0.39 is 0 Å². The summed E-state index contributed by atoms with van der Waals surface area (Å²) in [7, 11) is 6.83. The topological polar surface area (TPSA) is 30.8 Å². The minimum absolute atomic E-state index is 0.795. The summed E-state index contributed by atoms with van der Waals surface area (Å²) in [6.07, 6.45) is 23.0. The van der Waals surface area contributed by atoms with Crippen LogP contribution in [0.4, 0.5) is 5.69 Å². The van der Waals surface area contributed by atoms with Gasteiger partial charge in [0.25, 0.3) is 0 Å². The zero-order valence-electron chi connectivity index (χ0n) is 26.3. The molecule has 0 aliphatic carbocycles. The van der Waals surface area contributed by atoms with Crippen LogP contribution >= 0.6 is 0 Å². The summed E-state index contributed by atoms with van der Waals surface area (Å²) < 4.78 is 12.9. The molecule has 2 aromatic carbocycles. The van der Waals surface area contributed by atoms with Crippen LogP contribution in [0, 0.1) is 0 Å². The molecule has 0 amide bonds. The van der Waals surface area contributed by atoms with E-state index >= 15 is 0 Å². The first-order chi connectivity index (χ1) is 19.5. The van der Waals surface area contributed by atoms with Gasteiger partial charge in [-0.05, 0) is 79.8 Å². The molecule has 224 valence electrons. The molecule has 0 saturated carbocycles. The summed E-state index contributed by atoms with van der Waals surface area (Å²) in [4.78, 5) is 4.61. The lowest BCUT2D eigenvalue weighted by Crippen LogP contribution is -2.35. The summed E-state index contributed by atoms with van der Waals surface area (Å²) in [6.45, 7) is 5.15. The largest absolute Gasteiger partial charge is 0.494 e. The third-order valence-corrected chi connectivity index (χ3v) is 7.34. The van der Waals surface area contributed by atoms with Crippen molar-refractivity contribution >= 4 is 11.9 Å². The molecular formula is C36H59N2O2+. The minimum Gasteiger partial charge on any atom is -0.494 e. The van der Waals surface area contributed by atoms with Crippen molar-refractivity contribution in [3.05, 3.63) is 54.1 Å². The van der Waals surface area contributed by atoms with Gasteiger partial charge >= 0.3 is 0 Å². The second-order valence-electron chi connectivity index (χ2n) is 12.3. The van der Waals surface area contributed by atoms with Gasteiger partial charge in [-0.25, -0.2) is 0 Å². The van der Waals surface area contributed by atoms with E-state index in [0.29, 0.717) is 0 Å². The molecule has 0 saturated heterocycles. The molecule has 40 heavy (non-hydrogen) atoms. The minimum atomic E-state index is 0.795. The Morgan fingerprint density at radius 3 is 1.45 bits per heavy atom. The maximum Gasteiger partial charge on any atom is 0.119 e. The number of hydrogen-bond donors (Lipinski definition) is 0. The predicted molar refractivity (Wildman–Crippen MR) is 174 cm³/mol. The molecule has 2 aromatic rings. The molecule has 0 bridgehead atoms. The van der Waals surface area contributed by atoms with Gasteiger partial charge in [-0.15, -0.1) is 0 Å². The van der Waals surface area contributed by atoms with Crippen LogP contribution in [-0.2, 0) is 0 Å². The van der Waals surface area contributed by atoms with Crippen molar-refractivity contribution in [2.75, 3.05) is 40.9 Å². The third-order valence-electron chi connectivity index (χ3n) is 7.34. The number of rotatable bonds is 24. The number of benzene rings is 2. The summed E-state index contributed by atoms with van der Waals surface area (Å²) >= 11 is 0. The van der Waals surface area contributed by atoms with Gasteiger partial charge in [0.15, 0.2) is 0 Å². The summed E-state index contributed by atoms with van der Waals surface area (Å²) in [5, 5.41) is 0. The SMILES string of the molecule is CCCCCCCCCCOc1ccc(N=Cc2ccc(OCCCCCCCCCC[N+](C)(C)C)cc2)cc1. The molecular weight excluding hydrogens is 492 g/mol. The fourth-order valence-corrected chi connectivity index (χ4v) is 4.79. The zero-order chi connectivity index (χ0) is 28.7. The number of ether oxygens (including phenoxy) is 2. The Bertz CT molecular complexity index is 885. The van der Waals surface area contributed by atoms with Gasteiger partial charge in [0.05, 0.1) is 46.6 Å². The van der Waals surface area contributed by atoms with Crippen LogP contribution < -0.4 is 9.47 Å². The zero-order valence-corrected chi connectivity index (χ0v) is 26.3. The predicted octanol–water partition coefficient (Wildman–Crippen LogP) is 10.2. The average molecular weight is 552 g/mol.